The highest BCUT2D eigenvalue weighted by Crippen LogP contribution is 2.22. The van der Waals surface area contributed by atoms with Crippen LogP contribution in [0.1, 0.15) is 27.0 Å². The van der Waals surface area contributed by atoms with Gasteiger partial charge in [0.15, 0.2) is 0 Å². The molecule has 0 spiro atoms. The van der Waals surface area contributed by atoms with E-state index in [2.05, 4.69) is 10.5 Å². The van der Waals surface area contributed by atoms with Crippen molar-refractivity contribution in [3.8, 4) is 5.75 Å². The fourth-order valence-electron chi connectivity index (χ4n) is 2.49. The molecule has 0 aromatic heterocycles. The predicted molar refractivity (Wildman–Crippen MR) is 104 cm³/mol. The summed E-state index contributed by atoms with van der Waals surface area (Å²) in [5.41, 5.74) is 5.46. The number of nitrogens with one attached hydrogen (secondary N) is 1. The Labute approximate surface area is 156 Å². The lowest BCUT2D eigenvalue weighted by Crippen LogP contribution is -2.17. The third kappa shape index (κ3) is 4.49. The molecule has 0 saturated heterocycles. The highest BCUT2D eigenvalue weighted by molar-refractivity contribution is 6.31. The summed E-state index contributed by atoms with van der Waals surface area (Å²) in [6.07, 6.45) is 2.06. The van der Waals surface area contributed by atoms with E-state index in [9.17, 15) is 9.90 Å². The fourth-order valence-corrected chi connectivity index (χ4v) is 2.70. The zero-order valence-electron chi connectivity index (χ0n) is 13.9. The second-order valence-corrected chi connectivity index (χ2v) is 6.13. The van der Waals surface area contributed by atoms with Crippen molar-refractivity contribution in [3.05, 3.63) is 100 Å². The second-order valence-electron chi connectivity index (χ2n) is 5.73. The first kappa shape index (κ1) is 17.7. The number of carbonyl (C=O) groups excluding carboxylic acids is 1. The van der Waals surface area contributed by atoms with Crippen molar-refractivity contribution in [3.63, 3.8) is 0 Å². The number of phenolic OH excluding ortho intramolecular Hbond substituents is 1. The average molecular weight is 365 g/mol. The molecule has 2 N–H and O–H groups in total. The number of hydrogen-bond acceptors (Lipinski definition) is 3. The summed E-state index contributed by atoms with van der Waals surface area (Å²) in [5, 5.41) is 14.6. The van der Waals surface area contributed by atoms with Gasteiger partial charge in [-0.3, -0.25) is 4.79 Å². The molecule has 130 valence electrons. The molecule has 0 fully saturated rings. The Hall–Kier alpha value is -3.11. The molecule has 5 heteroatoms. The minimum atomic E-state index is -0.312. The summed E-state index contributed by atoms with van der Waals surface area (Å²) in [6, 6.07) is 21.7. The lowest BCUT2D eigenvalue weighted by Gasteiger charge is -2.07. The van der Waals surface area contributed by atoms with Crippen LogP contribution in [0.3, 0.4) is 0 Å². The van der Waals surface area contributed by atoms with E-state index in [4.69, 9.17) is 11.6 Å². The Morgan fingerprint density at radius 3 is 2.54 bits per heavy atom. The number of nitrogens with zero attached hydrogens (tertiary/aromatic N) is 1. The molecule has 3 aromatic carbocycles. The van der Waals surface area contributed by atoms with E-state index in [1.54, 1.807) is 30.3 Å². The molecule has 3 aromatic rings. The normalized spacial score (nSPS) is 10.8. The van der Waals surface area contributed by atoms with Gasteiger partial charge in [0, 0.05) is 16.1 Å². The summed E-state index contributed by atoms with van der Waals surface area (Å²) in [5.74, 6) is -0.223. The first-order valence-electron chi connectivity index (χ1n) is 8.07. The number of amides is 1. The molecule has 0 radical (unpaired) electrons. The summed E-state index contributed by atoms with van der Waals surface area (Å²) < 4.78 is 0. The molecule has 1 amide bonds. The van der Waals surface area contributed by atoms with E-state index in [-0.39, 0.29) is 11.7 Å². The lowest BCUT2D eigenvalue weighted by molar-refractivity contribution is 0.0955. The number of hydrogen-bond donors (Lipinski definition) is 2. The molecule has 0 heterocycles. The van der Waals surface area contributed by atoms with Gasteiger partial charge < -0.3 is 5.11 Å². The number of benzene rings is 3. The van der Waals surface area contributed by atoms with E-state index in [0.717, 1.165) is 11.1 Å². The monoisotopic (exact) mass is 364 g/mol. The maximum absolute atomic E-state index is 12.0. The molecule has 0 aliphatic heterocycles. The highest BCUT2D eigenvalue weighted by atomic mass is 35.5. The molecule has 0 unspecified atom stereocenters. The number of rotatable bonds is 5. The van der Waals surface area contributed by atoms with Gasteiger partial charge >= 0.3 is 0 Å². The molecule has 0 atom stereocenters. The quantitative estimate of drug-likeness (QED) is 0.520. The van der Waals surface area contributed by atoms with Gasteiger partial charge in [-0.25, -0.2) is 5.43 Å². The van der Waals surface area contributed by atoms with Gasteiger partial charge in [0.05, 0.1) is 6.21 Å². The molecule has 26 heavy (non-hydrogen) atoms. The molecular formula is C21H17ClN2O2. The van der Waals surface area contributed by atoms with Crippen LogP contribution in [0.15, 0.2) is 77.9 Å². The third-order valence-electron chi connectivity index (χ3n) is 3.85. The summed E-state index contributed by atoms with van der Waals surface area (Å²) in [7, 11) is 0. The number of aromatic hydroxyl groups is 1. The van der Waals surface area contributed by atoms with E-state index >= 15 is 0 Å². The van der Waals surface area contributed by atoms with Crippen LogP contribution in [0, 0.1) is 0 Å². The van der Waals surface area contributed by atoms with Crippen LogP contribution in [0.4, 0.5) is 0 Å². The van der Waals surface area contributed by atoms with Gasteiger partial charge in [0.25, 0.3) is 5.91 Å². The Bertz CT molecular complexity index is 940. The average Bonchev–Trinajstić information content (AvgIpc) is 2.66. The maximum atomic E-state index is 12.0. The van der Waals surface area contributed by atoms with Gasteiger partial charge in [-0.05, 0) is 47.9 Å². The van der Waals surface area contributed by atoms with Crippen molar-refractivity contribution < 1.29 is 9.90 Å². The summed E-state index contributed by atoms with van der Waals surface area (Å²) >= 11 is 6.20. The SMILES string of the molecule is O=C(N/N=C\c1cc(Cc2ccccc2Cl)ccc1O)c1ccccc1. The number of hydrazone groups is 1. The van der Waals surface area contributed by atoms with Crippen LogP contribution in [0.5, 0.6) is 5.75 Å². The molecule has 0 aliphatic rings. The standard InChI is InChI=1S/C21H17ClN2O2/c22-19-9-5-4-8-17(19)12-15-10-11-20(25)18(13-15)14-23-24-21(26)16-6-2-1-3-7-16/h1-11,13-14,25H,12H2,(H,24,26)/b23-14-. The Kier molecular flexibility index (Phi) is 5.66. The molecule has 3 rings (SSSR count). The smallest absolute Gasteiger partial charge is 0.271 e. The van der Waals surface area contributed by atoms with Crippen molar-refractivity contribution in [2.24, 2.45) is 5.10 Å². The number of carbonyl (C=O) groups is 1. The topological polar surface area (TPSA) is 61.7 Å². The van der Waals surface area contributed by atoms with E-state index in [0.29, 0.717) is 22.6 Å². The molecule has 0 bridgehead atoms. The minimum Gasteiger partial charge on any atom is -0.507 e. The first-order chi connectivity index (χ1) is 12.6. The zero-order chi connectivity index (χ0) is 18.4. The van der Waals surface area contributed by atoms with Gasteiger partial charge in [0.2, 0.25) is 0 Å². The van der Waals surface area contributed by atoms with Crippen LogP contribution in [-0.2, 0) is 6.42 Å². The molecule has 0 aliphatic carbocycles. The van der Waals surface area contributed by atoms with Crippen LogP contribution >= 0.6 is 11.6 Å². The lowest BCUT2D eigenvalue weighted by atomic mass is 10.0. The number of phenols is 1. The fraction of sp³-hybridized carbons (Fsp3) is 0.0476. The van der Waals surface area contributed by atoms with Crippen molar-refractivity contribution in [1.82, 2.24) is 5.43 Å². The van der Waals surface area contributed by atoms with Gasteiger partial charge in [-0.1, -0.05) is 54.1 Å². The minimum absolute atomic E-state index is 0.0885. The Morgan fingerprint density at radius 2 is 1.77 bits per heavy atom. The number of halogens is 1. The van der Waals surface area contributed by atoms with E-state index < -0.39 is 0 Å². The molecular weight excluding hydrogens is 348 g/mol. The molecule has 0 saturated carbocycles. The van der Waals surface area contributed by atoms with Crippen LogP contribution in [0.2, 0.25) is 5.02 Å². The highest BCUT2D eigenvalue weighted by Gasteiger charge is 2.05. The van der Waals surface area contributed by atoms with Crippen molar-refractivity contribution in [2.45, 2.75) is 6.42 Å². The first-order valence-corrected chi connectivity index (χ1v) is 8.45. The van der Waals surface area contributed by atoms with Crippen LogP contribution < -0.4 is 5.43 Å². The van der Waals surface area contributed by atoms with Crippen LogP contribution in [0.25, 0.3) is 0 Å². The largest absolute Gasteiger partial charge is 0.507 e. The van der Waals surface area contributed by atoms with E-state index in [1.165, 1.54) is 6.21 Å². The second kappa shape index (κ2) is 8.32. The summed E-state index contributed by atoms with van der Waals surface area (Å²) in [4.78, 5) is 12.0. The van der Waals surface area contributed by atoms with Crippen molar-refractivity contribution in [2.75, 3.05) is 0 Å². The van der Waals surface area contributed by atoms with Crippen molar-refractivity contribution in [1.29, 1.82) is 0 Å². The van der Waals surface area contributed by atoms with Gasteiger partial charge in [-0.2, -0.15) is 5.10 Å². The Morgan fingerprint density at radius 1 is 1.04 bits per heavy atom. The molecule has 4 nitrogen and oxygen atoms in total. The van der Waals surface area contributed by atoms with Crippen LogP contribution in [-0.4, -0.2) is 17.2 Å². The van der Waals surface area contributed by atoms with E-state index in [1.807, 2.05) is 42.5 Å². The van der Waals surface area contributed by atoms with Gasteiger partial charge in [0.1, 0.15) is 5.75 Å². The third-order valence-corrected chi connectivity index (χ3v) is 4.22. The summed E-state index contributed by atoms with van der Waals surface area (Å²) in [6.45, 7) is 0. The Balaban J connectivity index is 1.72. The predicted octanol–water partition coefficient (Wildman–Crippen LogP) is 4.40. The zero-order valence-corrected chi connectivity index (χ0v) is 14.6. The van der Waals surface area contributed by atoms with Crippen molar-refractivity contribution >= 4 is 23.7 Å². The van der Waals surface area contributed by atoms with Gasteiger partial charge in [-0.15, -0.1) is 0 Å². The maximum Gasteiger partial charge on any atom is 0.271 e.